The lowest BCUT2D eigenvalue weighted by atomic mass is 9.95. The Kier molecular flexibility index (Phi) is 4.82. The van der Waals surface area contributed by atoms with Crippen molar-refractivity contribution in [1.82, 2.24) is 19.7 Å². The molecular weight excluding hydrogens is 388 g/mol. The van der Waals surface area contributed by atoms with Crippen molar-refractivity contribution in [3.05, 3.63) is 71.7 Å². The summed E-state index contributed by atoms with van der Waals surface area (Å²) in [6.07, 6.45) is 7.10. The average molecular weight is 410 g/mol. The van der Waals surface area contributed by atoms with Crippen molar-refractivity contribution in [3.63, 3.8) is 0 Å². The number of hydrogen-bond donors (Lipinski definition) is 0. The Labute approximate surface area is 180 Å². The highest BCUT2D eigenvalue weighted by Gasteiger charge is 2.25. The van der Waals surface area contributed by atoms with Gasteiger partial charge in [-0.2, -0.15) is 5.10 Å². The Balaban J connectivity index is 1.72. The molecule has 154 valence electrons. The fourth-order valence-corrected chi connectivity index (χ4v) is 4.19. The largest absolute Gasteiger partial charge is 0.466 e. The van der Waals surface area contributed by atoms with Crippen LogP contribution in [0, 0.1) is 6.92 Å². The number of fused-ring (bicyclic) bond motifs is 2. The van der Waals surface area contributed by atoms with Crippen molar-refractivity contribution in [1.29, 1.82) is 0 Å². The minimum Gasteiger partial charge on any atom is -0.466 e. The van der Waals surface area contributed by atoms with Crippen molar-refractivity contribution >= 4 is 22.9 Å². The van der Waals surface area contributed by atoms with Crippen LogP contribution in [0.3, 0.4) is 0 Å². The van der Waals surface area contributed by atoms with Gasteiger partial charge in [-0.1, -0.05) is 12.1 Å². The summed E-state index contributed by atoms with van der Waals surface area (Å²) < 4.78 is 6.82. The van der Waals surface area contributed by atoms with E-state index in [4.69, 9.17) is 14.8 Å². The van der Waals surface area contributed by atoms with Crippen LogP contribution in [0.15, 0.2) is 54.7 Å². The molecule has 3 aromatic heterocycles. The first-order valence-electron chi connectivity index (χ1n) is 10.3. The Morgan fingerprint density at radius 1 is 1.19 bits per heavy atom. The van der Waals surface area contributed by atoms with E-state index in [1.165, 1.54) is 18.9 Å². The summed E-state index contributed by atoms with van der Waals surface area (Å²) in [6.45, 7) is 2.92. The van der Waals surface area contributed by atoms with Crippen molar-refractivity contribution in [2.45, 2.75) is 26.3 Å². The fraction of sp³-hybridized carbons (Fsp3) is 0.200. The second-order valence-electron chi connectivity index (χ2n) is 7.65. The zero-order valence-electron chi connectivity index (χ0n) is 17.5. The number of benzene rings is 1. The molecule has 0 amide bonds. The molecule has 6 heteroatoms. The van der Waals surface area contributed by atoms with Crippen molar-refractivity contribution in [2.75, 3.05) is 7.11 Å². The predicted molar refractivity (Wildman–Crippen MR) is 120 cm³/mol. The van der Waals surface area contributed by atoms with Crippen LogP contribution < -0.4 is 0 Å². The monoisotopic (exact) mass is 410 g/mol. The SMILES string of the molecule is COC(=O)C=Cc1ccc2nccc(-c3c(-c4cccc(C)n4)nn4c3CCC4)c2c1. The van der Waals surface area contributed by atoms with Crippen LogP contribution in [0.5, 0.6) is 0 Å². The standard InChI is InChI=1S/C25H22N4O2/c1-16-5-3-6-21(27-16)25-24(22-7-4-14-29(22)28-25)18-12-13-26-20-10-8-17(15-19(18)20)9-11-23(30)31-2/h3,5-6,8-13,15H,4,7,14H2,1-2H3. The normalized spacial score (nSPS) is 13.1. The third-order valence-electron chi connectivity index (χ3n) is 5.62. The van der Waals surface area contributed by atoms with Crippen LogP contribution in [-0.2, 0) is 22.5 Å². The zero-order chi connectivity index (χ0) is 21.4. The van der Waals surface area contributed by atoms with E-state index in [1.54, 1.807) is 6.08 Å². The molecule has 1 aliphatic heterocycles. The molecule has 1 aliphatic rings. The summed E-state index contributed by atoms with van der Waals surface area (Å²) in [5.41, 5.74) is 8.00. The van der Waals surface area contributed by atoms with Crippen LogP contribution in [0.1, 0.15) is 23.4 Å². The Hall–Kier alpha value is -3.80. The van der Waals surface area contributed by atoms with Crippen LogP contribution >= 0.6 is 0 Å². The Bertz CT molecular complexity index is 1340. The van der Waals surface area contributed by atoms with E-state index in [0.29, 0.717) is 0 Å². The van der Waals surface area contributed by atoms with Gasteiger partial charge in [-0.3, -0.25) is 14.6 Å². The molecule has 0 saturated heterocycles. The number of rotatable bonds is 4. The molecule has 1 aromatic carbocycles. The summed E-state index contributed by atoms with van der Waals surface area (Å²) in [4.78, 5) is 20.8. The molecule has 0 spiro atoms. The zero-order valence-corrected chi connectivity index (χ0v) is 17.5. The summed E-state index contributed by atoms with van der Waals surface area (Å²) >= 11 is 0. The molecular formula is C25H22N4O2. The topological polar surface area (TPSA) is 69.9 Å². The van der Waals surface area contributed by atoms with Crippen LogP contribution in [0.2, 0.25) is 0 Å². The highest BCUT2D eigenvalue weighted by molar-refractivity contribution is 6.00. The van der Waals surface area contributed by atoms with E-state index in [2.05, 4.69) is 15.7 Å². The lowest BCUT2D eigenvalue weighted by molar-refractivity contribution is -0.134. The van der Waals surface area contributed by atoms with Gasteiger partial charge in [0.15, 0.2) is 0 Å². The van der Waals surface area contributed by atoms with Crippen LogP contribution in [0.4, 0.5) is 0 Å². The predicted octanol–water partition coefficient (Wildman–Crippen LogP) is 4.60. The molecule has 6 nitrogen and oxygen atoms in total. The first-order valence-corrected chi connectivity index (χ1v) is 10.3. The molecule has 0 fully saturated rings. The molecule has 0 atom stereocenters. The first kappa shape index (κ1) is 19.2. The molecule has 0 saturated carbocycles. The van der Waals surface area contributed by atoms with E-state index < -0.39 is 0 Å². The van der Waals surface area contributed by atoms with Gasteiger partial charge in [0, 0.05) is 41.2 Å². The summed E-state index contributed by atoms with van der Waals surface area (Å²) in [5, 5.41) is 5.96. The quantitative estimate of drug-likeness (QED) is 0.363. The maximum absolute atomic E-state index is 11.5. The van der Waals surface area contributed by atoms with Gasteiger partial charge in [-0.15, -0.1) is 0 Å². The highest BCUT2D eigenvalue weighted by Crippen LogP contribution is 2.39. The number of ether oxygens (including phenoxy) is 1. The van der Waals surface area contributed by atoms with Gasteiger partial charge in [0.2, 0.25) is 0 Å². The Morgan fingerprint density at radius 2 is 2.10 bits per heavy atom. The second kappa shape index (κ2) is 7.80. The van der Waals surface area contributed by atoms with E-state index in [1.807, 2.05) is 49.5 Å². The average Bonchev–Trinajstić information content (AvgIpc) is 3.38. The van der Waals surface area contributed by atoms with Crippen LogP contribution in [0.25, 0.3) is 39.5 Å². The summed E-state index contributed by atoms with van der Waals surface area (Å²) in [5.74, 6) is -0.381. The molecule has 4 aromatic rings. The molecule has 0 unspecified atom stereocenters. The van der Waals surface area contributed by atoms with Gasteiger partial charge in [0.25, 0.3) is 0 Å². The minimum absolute atomic E-state index is 0.381. The number of aromatic nitrogens is 4. The Morgan fingerprint density at radius 3 is 2.94 bits per heavy atom. The van der Waals surface area contributed by atoms with Gasteiger partial charge in [0.05, 0.1) is 18.3 Å². The van der Waals surface area contributed by atoms with E-state index in [9.17, 15) is 4.79 Å². The summed E-state index contributed by atoms with van der Waals surface area (Å²) in [6, 6.07) is 14.1. The molecule has 0 radical (unpaired) electrons. The van der Waals surface area contributed by atoms with Gasteiger partial charge in [-0.05, 0) is 67.3 Å². The van der Waals surface area contributed by atoms with E-state index in [-0.39, 0.29) is 5.97 Å². The van der Waals surface area contributed by atoms with Crippen molar-refractivity contribution < 1.29 is 9.53 Å². The maximum atomic E-state index is 11.5. The highest BCUT2D eigenvalue weighted by atomic mass is 16.5. The van der Waals surface area contributed by atoms with Crippen molar-refractivity contribution in [3.8, 4) is 22.5 Å². The number of methoxy groups -OCH3 is 1. The molecule has 0 N–H and O–H groups in total. The molecule has 31 heavy (non-hydrogen) atoms. The maximum Gasteiger partial charge on any atom is 0.330 e. The number of carbonyl (C=O) groups excluding carboxylic acids is 1. The van der Waals surface area contributed by atoms with Gasteiger partial charge in [-0.25, -0.2) is 4.79 Å². The van der Waals surface area contributed by atoms with Crippen LogP contribution in [-0.4, -0.2) is 32.8 Å². The number of nitrogens with zero attached hydrogens (tertiary/aromatic N) is 4. The second-order valence-corrected chi connectivity index (χ2v) is 7.65. The molecule has 4 heterocycles. The lowest BCUT2D eigenvalue weighted by Crippen LogP contribution is -1.95. The number of hydrogen-bond acceptors (Lipinski definition) is 5. The molecule has 0 bridgehead atoms. The number of pyridine rings is 2. The number of aryl methyl sites for hydroxylation is 2. The number of carbonyl (C=O) groups is 1. The first-order chi connectivity index (χ1) is 15.1. The third kappa shape index (κ3) is 3.50. The number of esters is 1. The molecule has 5 rings (SSSR count). The minimum atomic E-state index is -0.381. The third-order valence-corrected chi connectivity index (χ3v) is 5.62. The molecule has 0 aliphatic carbocycles. The summed E-state index contributed by atoms with van der Waals surface area (Å²) in [7, 11) is 1.37. The smallest absolute Gasteiger partial charge is 0.330 e. The van der Waals surface area contributed by atoms with Crippen molar-refractivity contribution in [2.24, 2.45) is 0 Å². The lowest BCUT2D eigenvalue weighted by Gasteiger charge is -2.10. The van der Waals surface area contributed by atoms with Gasteiger partial charge >= 0.3 is 5.97 Å². The van der Waals surface area contributed by atoms with Gasteiger partial charge < -0.3 is 4.74 Å². The van der Waals surface area contributed by atoms with E-state index >= 15 is 0 Å². The van der Waals surface area contributed by atoms with E-state index in [0.717, 1.165) is 64.1 Å². The fourth-order valence-electron chi connectivity index (χ4n) is 4.19. The van der Waals surface area contributed by atoms with Gasteiger partial charge in [0.1, 0.15) is 5.69 Å².